The van der Waals surface area contributed by atoms with Crippen LogP contribution in [-0.4, -0.2) is 14.8 Å². The van der Waals surface area contributed by atoms with Crippen LogP contribution in [0.4, 0.5) is 0 Å². The Morgan fingerprint density at radius 2 is 1.68 bits per heavy atom. The van der Waals surface area contributed by atoms with Crippen molar-refractivity contribution < 1.29 is 14.4 Å². The fraction of sp³-hybridized carbons (Fsp3) is 0.167. The van der Waals surface area contributed by atoms with Gasteiger partial charge in [-0.3, -0.25) is 0 Å². The molecular formula is C24H22N2O5. The van der Waals surface area contributed by atoms with Gasteiger partial charge in [0.2, 0.25) is 0 Å². The van der Waals surface area contributed by atoms with Gasteiger partial charge in [-0.1, -0.05) is 30.3 Å². The highest BCUT2D eigenvalue weighted by atomic mass is 16.5. The van der Waals surface area contributed by atoms with E-state index in [1.807, 2.05) is 56.3 Å². The SMILES string of the molecule is Cc1cc(O)cc(C)c1-c1cccc(COc2ccc(Cn3oc(=O)[nH]c3=O)cc2)c1. The summed E-state index contributed by atoms with van der Waals surface area (Å²) in [4.78, 5) is 24.7. The Morgan fingerprint density at radius 1 is 0.968 bits per heavy atom. The minimum Gasteiger partial charge on any atom is -0.508 e. The van der Waals surface area contributed by atoms with E-state index in [2.05, 4.69) is 11.1 Å². The monoisotopic (exact) mass is 418 g/mol. The molecule has 0 unspecified atom stereocenters. The van der Waals surface area contributed by atoms with Gasteiger partial charge in [0.15, 0.2) is 0 Å². The lowest BCUT2D eigenvalue weighted by molar-refractivity contribution is 0.258. The number of hydrogen-bond acceptors (Lipinski definition) is 5. The number of phenols is 1. The molecule has 0 spiro atoms. The molecule has 0 aliphatic carbocycles. The summed E-state index contributed by atoms with van der Waals surface area (Å²) in [5.74, 6) is 0.184. The Labute approximate surface area is 178 Å². The first-order chi connectivity index (χ1) is 14.9. The van der Waals surface area contributed by atoms with Crippen LogP contribution in [-0.2, 0) is 13.2 Å². The third kappa shape index (κ3) is 4.61. The van der Waals surface area contributed by atoms with Crippen LogP contribution < -0.4 is 16.2 Å². The standard InChI is InChI=1S/C24H22N2O5/c1-15-10-20(27)11-16(2)22(15)19-5-3-4-18(12-19)14-30-21-8-6-17(7-9-21)13-26-23(28)25-24(29)31-26/h3-12,27H,13-14H2,1-2H3,(H,25,28,29). The highest BCUT2D eigenvalue weighted by Gasteiger charge is 2.09. The van der Waals surface area contributed by atoms with Gasteiger partial charge in [-0.2, -0.15) is 0 Å². The molecule has 3 aromatic carbocycles. The molecule has 0 radical (unpaired) electrons. The Bertz CT molecular complexity index is 1310. The average molecular weight is 418 g/mol. The molecule has 2 N–H and O–H groups in total. The minimum atomic E-state index is -0.773. The number of aromatic hydroxyl groups is 1. The molecule has 158 valence electrons. The summed E-state index contributed by atoms with van der Waals surface area (Å²) >= 11 is 0. The Balaban J connectivity index is 1.45. The first-order valence-corrected chi connectivity index (χ1v) is 9.81. The highest BCUT2D eigenvalue weighted by Crippen LogP contribution is 2.31. The molecule has 4 rings (SSSR count). The first-order valence-electron chi connectivity index (χ1n) is 9.81. The quantitative estimate of drug-likeness (QED) is 0.497. The smallest absolute Gasteiger partial charge is 0.440 e. The molecule has 0 saturated carbocycles. The Morgan fingerprint density at radius 3 is 2.32 bits per heavy atom. The number of ether oxygens (including phenoxy) is 1. The van der Waals surface area contributed by atoms with Crippen LogP contribution in [0.25, 0.3) is 11.1 Å². The van der Waals surface area contributed by atoms with E-state index in [9.17, 15) is 14.7 Å². The summed E-state index contributed by atoms with van der Waals surface area (Å²) in [7, 11) is 0. The molecule has 0 aliphatic heterocycles. The van der Waals surface area contributed by atoms with Crippen molar-refractivity contribution in [2.45, 2.75) is 27.0 Å². The number of H-pyrrole nitrogens is 1. The van der Waals surface area contributed by atoms with E-state index in [0.717, 1.165) is 38.1 Å². The lowest BCUT2D eigenvalue weighted by Crippen LogP contribution is -2.17. The minimum absolute atomic E-state index is 0.158. The number of nitrogens with one attached hydrogen (secondary N) is 1. The highest BCUT2D eigenvalue weighted by molar-refractivity contribution is 5.72. The Kier molecular flexibility index (Phi) is 5.49. The summed E-state index contributed by atoms with van der Waals surface area (Å²) in [5, 5.41) is 9.79. The molecule has 0 fully saturated rings. The van der Waals surface area contributed by atoms with Gasteiger partial charge in [-0.15, -0.1) is 4.74 Å². The summed E-state index contributed by atoms with van der Waals surface area (Å²) in [5.41, 5.74) is 5.46. The van der Waals surface area contributed by atoms with E-state index >= 15 is 0 Å². The van der Waals surface area contributed by atoms with Gasteiger partial charge in [0.05, 0.1) is 6.54 Å². The molecule has 1 aromatic heterocycles. The van der Waals surface area contributed by atoms with Crippen molar-refractivity contribution in [1.82, 2.24) is 9.72 Å². The van der Waals surface area contributed by atoms with E-state index in [4.69, 9.17) is 9.26 Å². The predicted octanol–water partition coefficient (Wildman–Crippen LogP) is 3.75. The second-order valence-electron chi connectivity index (χ2n) is 7.43. The molecule has 1 heterocycles. The van der Waals surface area contributed by atoms with Gasteiger partial charge in [0.1, 0.15) is 18.1 Å². The molecule has 7 heteroatoms. The second-order valence-corrected chi connectivity index (χ2v) is 7.43. The molecule has 0 saturated heterocycles. The lowest BCUT2D eigenvalue weighted by atomic mass is 9.94. The van der Waals surface area contributed by atoms with Crippen molar-refractivity contribution in [1.29, 1.82) is 0 Å². The summed E-state index contributed by atoms with van der Waals surface area (Å²) in [6, 6.07) is 18.9. The summed E-state index contributed by atoms with van der Waals surface area (Å²) < 4.78 is 11.6. The molecule has 0 amide bonds. The van der Waals surface area contributed by atoms with Gasteiger partial charge < -0.3 is 14.4 Å². The van der Waals surface area contributed by atoms with E-state index in [1.165, 1.54) is 0 Å². The fourth-order valence-electron chi connectivity index (χ4n) is 3.65. The number of aromatic amines is 1. The molecule has 7 nitrogen and oxygen atoms in total. The van der Waals surface area contributed by atoms with Crippen molar-refractivity contribution in [2.75, 3.05) is 0 Å². The van der Waals surface area contributed by atoms with Crippen molar-refractivity contribution in [3.63, 3.8) is 0 Å². The van der Waals surface area contributed by atoms with Crippen molar-refractivity contribution >= 4 is 0 Å². The maximum atomic E-state index is 11.5. The molecule has 0 atom stereocenters. The average Bonchev–Trinajstić information content (AvgIpc) is 3.04. The largest absolute Gasteiger partial charge is 0.508 e. The van der Waals surface area contributed by atoms with Gasteiger partial charge in [-0.05, 0) is 77.6 Å². The second kappa shape index (κ2) is 8.39. The van der Waals surface area contributed by atoms with Crippen molar-refractivity contribution in [3.8, 4) is 22.6 Å². The maximum Gasteiger partial charge on any atom is 0.440 e. The first kappa shape index (κ1) is 20.3. The third-order valence-electron chi connectivity index (χ3n) is 5.02. The van der Waals surface area contributed by atoms with Crippen LogP contribution in [0.2, 0.25) is 0 Å². The molecule has 0 aliphatic rings. The normalized spacial score (nSPS) is 10.9. The Hall–Kier alpha value is -4.00. The van der Waals surface area contributed by atoms with E-state index in [-0.39, 0.29) is 12.3 Å². The maximum absolute atomic E-state index is 11.5. The zero-order chi connectivity index (χ0) is 22.0. The van der Waals surface area contributed by atoms with Crippen LogP contribution in [0.3, 0.4) is 0 Å². The van der Waals surface area contributed by atoms with E-state index < -0.39 is 11.4 Å². The van der Waals surface area contributed by atoms with Crippen LogP contribution in [0.1, 0.15) is 22.3 Å². The topological polar surface area (TPSA) is 97.5 Å². The predicted molar refractivity (Wildman–Crippen MR) is 116 cm³/mol. The van der Waals surface area contributed by atoms with Crippen LogP contribution in [0.5, 0.6) is 11.5 Å². The lowest BCUT2D eigenvalue weighted by Gasteiger charge is -2.13. The van der Waals surface area contributed by atoms with Gasteiger partial charge >= 0.3 is 11.4 Å². The van der Waals surface area contributed by atoms with Crippen molar-refractivity contribution in [3.05, 3.63) is 104 Å². The van der Waals surface area contributed by atoms with Gasteiger partial charge in [-0.25, -0.2) is 14.6 Å². The number of aryl methyl sites for hydroxylation is 2. The molecular weight excluding hydrogens is 396 g/mol. The number of nitrogens with zero attached hydrogens (tertiary/aromatic N) is 1. The van der Waals surface area contributed by atoms with E-state index in [1.54, 1.807) is 12.1 Å². The van der Waals surface area contributed by atoms with Gasteiger partial charge in [0, 0.05) is 0 Å². The zero-order valence-corrected chi connectivity index (χ0v) is 17.2. The van der Waals surface area contributed by atoms with Crippen LogP contribution in [0.15, 0.2) is 74.8 Å². The number of aromatic nitrogens is 2. The van der Waals surface area contributed by atoms with Gasteiger partial charge in [0.25, 0.3) is 0 Å². The number of rotatable bonds is 6. The summed E-state index contributed by atoms with van der Waals surface area (Å²) in [6.45, 7) is 4.53. The van der Waals surface area contributed by atoms with E-state index in [0.29, 0.717) is 12.4 Å². The van der Waals surface area contributed by atoms with Crippen LogP contribution >= 0.6 is 0 Å². The molecule has 4 aromatic rings. The van der Waals surface area contributed by atoms with Crippen LogP contribution in [0, 0.1) is 13.8 Å². The summed E-state index contributed by atoms with van der Waals surface area (Å²) in [6.07, 6.45) is 0. The zero-order valence-electron chi connectivity index (χ0n) is 17.2. The molecule has 31 heavy (non-hydrogen) atoms. The third-order valence-corrected chi connectivity index (χ3v) is 5.02. The number of phenolic OH excluding ortho intramolecular Hbond substituents is 1. The molecule has 0 bridgehead atoms. The van der Waals surface area contributed by atoms with Crippen molar-refractivity contribution in [2.24, 2.45) is 0 Å². The fourth-order valence-corrected chi connectivity index (χ4v) is 3.65. The number of benzene rings is 3. The number of hydrogen-bond donors (Lipinski definition) is 2.